The van der Waals surface area contributed by atoms with Crippen molar-refractivity contribution < 1.29 is 13.9 Å². The number of rotatable bonds is 6. The minimum Gasteiger partial charge on any atom is -0.497 e. The Morgan fingerprint density at radius 1 is 1.03 bits per heavy atom. The number of amides is 1. The second-order valence-electron chi connectivity index (χ2n) is 7.05. The summed E-state index contributed by atoms with van der Waals surface area (Å²) < 4.78 is 11.2. The minimum atomic E-state index is -0.206. The normalized spacial score (nSPS) is 11.7. The molecule has 0 unspecified atom stereocenters. The number of nitrogens with one attached hydrogen (secondary N) is 1. The van der Waals surface area contributed by atoms with E-state index >= 15 is 0 Å². The van der Waals surface area contributed by atoms with Crippen LogP contribution in [0.5, 0.6) is 5.75 Å². The number of carbonyl (C=O) groups is 1. The first-order chi connectivity index (χ1) is 15.0. The third kappa shape index (κ3) is 4.62. The maximum Gasteiger partial charge on any atom is 0.252 e. The Morgan fingerprint density at radius 2 is 1.74 bits per heavy atom. The Labute approximate surface area is 185 Å². The second-order valence-corrected chi connectivity index (χ2v) is 7.49. The zero-order chi connectivity index (χ0) is 21.8. The highest BCUT2D eigenvalue weighted by molar-refractivity contribution is 6.30. The van der Waals surface area contributed by atoms with Gasteiger partial charge in [0.2, 0.25) is 5.89 Å². The van der Waals surface area contributed by atoms with Gasteiger partial charge in [-0.05, 0) is 61.0 Å². The number of halogens is 1. The third-order valence-corrected chi connectivity index (χ3v) is 5.25. The number of aromatic nitrogens is 1. The Balaban J connectivity index is 1.57. The van der Waals surface area contributed by atoms with Gasteiger partial charge >= 0.3 is 0 Å². The highest BCUT2D eigenvalue weighted by atomic mass is 35.5. The lowest BCUT2D eigenvalue weighted by Crippen LogP contribution is -2.27. The van der Waals surface area contributed by atoms with Crippen LogP contribution in [-0.2, 0) is 0 Å². The standard InChI is InChI=1S/C25H21ClN2O3/c1-16(17-7-11-19(26)12-8-17)28-24(29)21-5-3-4-6-22(21)25-27-15-23(31-25)18-9-13-20(30-2)14-10-18/h3-16H,1-2H3,(H,28,29)/t16-/m0/s1. The van der Waals surface area contributed by atoms with E-state index in [0.29, 0.717) is 27.8 Å². The van der Waals surface area contributed by atoms with Gasteiger partial charge in [0.15, 0.2) is 5.76 Å². The van der Waals surface area contributed by atoms with Crippen molar-refractivity contribution in [3.05, 3.63) is 95.1 Å². The fourth-order valence-corrected chi connectivity index (χ4v) is 3.39. The number of ether oxygens (including phenoxy) is 1. The van der Waals surface area contributed by atoms with Crippen molar-refractivity contribution in [1.82, 2.24) is 10.3 Å². The van der Waals surface area contributed by atoms with Crippen molar-refractivity contribution >= 4 is 17.5 Å². The number of nitrogens with zero attached hydrogens (tertiary/aromatic N) is 1. The van der Waals surface area contributed by atoms with Crippen LogP contribution >= 0.6 is 11.6 Å². The Morgan fingerprint density at radius 3 is 2.45 bits per heavy atom. The van der Waals surface area contributed by atoms with E-state index in [0.717, 1.165) is 16.9 Å². The predicted molar refractivity (Wildman–Crippen MR) is 121 cm³/mol. The monoisotopic (exact) mass is 432 g/mol. The minimum absolute atomic E-state index is 0.183. The van der Waals surface area contributed by atoms with Crippen LogP contribution < -0.4 is 10.1 Å². The summed E-state index contributed by atoms with van der Waals surface area (Å²) >= 11 is 5.96. The van der Waals surface area contributed by atoms with E-state index in [1.807, 2.05) is 61.5 Å². The number of benzene rings is 3. The van der Waals surface area contributed by atoms with Crippen LogP contribution in [0.3, 0.4) is 0 Å². The van der Waals surface area contributed by atoms with Gasteiger partial charge in [-0.15, -0.1) is 0 Å². The molecule has 0 aliphatic carbocycles. The quantitative estimate of drug-likeness (QED) is 0.396. The summed E-state index contributed by atoms with van der Waals surface area (Å²) in [6, 6.07) is 22.0. The molecule has 5 nitrogen and oxygen atoms in total. The topological polar surface area (TPSA) is 64.4 Å². The average molecular weight is 433 g/mol. The summed E-state index contributed by atoms with van der Waals surface area (Å²) in [7, 11) is 1.62. The van der Waals surface area contributed by atoms with Gasteiger partial charge in [0, 0.05) is 16.1 Å². The molecular weight excluding hydrogens is 412 g/mol. The van der Waals surface area contributed by atoms with Crippen LogP contribution in [0.15, 0.2) is 83.4 Å². The van der Waals surface area contributed by atoms with Crippen molar-refractivity contribution in [1.29, 1.82) is 0 Å². The van der Waals surface area contributed by atoms with Gasteiger partial charge in [0.05, 0.1) is 24.9 Å². The van der Waals surface area contributed by atoms with Crippen LogP contribution in [0.25, 0.3) is 22.8 Å². The molecule has 0 saturated heterocycles. The van der Waals surface area contributed by atoms with Gasteiger partial charge in [0.25, 0.3) is 5.91 Å². The molecule has 0 saturated carbocycles. The molecule has 0 aliphatic rings. The summed E-state index contributed by atoms with van der Waals surface area (Å²) in [4.78, 5) is 17.4. The summed E-state index contributed by atoms with van der Waals surface area (Å²) in [6.07, 6.45) is 1.65. The van der Waals surface area contributed by atoms with Crippen LogP contribution in [-0.4, -0.2) is 18.0 Å². The van der Waals surface area contributed by atoms with Gasteiger partial charge in [0.1, 0.15) is 5.75 Å². The molecule has 6 heteroatoms. The molecule has 3 aromatic carbocycles. The van der Waals surface area contributed by atoms with E-state index in [1.54, 1.807) is 31.5 Å². The molecular formula is C25H21ClN2O3. The zero-order valence-electron chi connectivity index (χ0n) is 17.1. The van der Waals surface area contributed by atoms with E-state index in [1.165, 1.54) is 0 Å². The van der Waals surface area contributed by atoms with Crippen molar-refractivity contribution in [2.24, 2.45) is 0 Å². The van der Waals surface area contributed by atoms with Crippen molar-refractivity contribution in [3.8, 4) is 28.5 Å². The smallest absolute Gasteiger partial charge is 0.252 e. The van der Waals surface area contributed by atoms with Crippen molar-refractivity contribution in [2.75, 3.05) is 7.11 Å². The molecule has 1 heterocycles. The second kappa shape index (κ2) is 9.06. The first-order valence-electron chi connectivity index (χ1n) is 9.81. The summed E-state index contributed by atoms with van der Waals surface area (Å²) in [5.41, 5.74) is 2.96. The highest BCUT2D eigenvalue weighted by Crippen LogP contribution is 2.29. The number of carbonyl (C=O) groups excluding carboxylic acids is 1. The first-order valence-corrected chi connectivity index (χ1v) is 10.2. The van der Waals surface area contributed by atoms with Crippen molar-refractivity contribution in [2.45, 2.75) is 13.0 Å². The summed E-state index contributed by atoms with van der Waals surface area (Å²) in [6.45, 7) is 1.93. The average Bonchev–Trinajstić information content (AvgIpc) is 3.29. The van der Waals surface area contributed by atoms with Gasteiger partial charge in [-0.2, -0.15) is 0 Å². The number of oxazole rings is 1. The lowest BCUT2D eigenvalue weighted by atomic mass is 10.0. The Kier molecular flexibility index (Phi) is 6.05. The van der Waals surface area contributed by atoms with Gasteiger partial charge < -0.3 is 14.5 Å². The molecule has 4 rings (SSSR count). The lowest BCUT2D eigenvalue weighted by molar-refractivity contribution is 0.0940. The van der Waals surface area contributed by atoms with Crippen LogP contribution in [0.1, 0.15) is 28.9 Å². The van der Waals surface area contributed by atoms with Gasteiger partial charge in [-0.1, -0.05) is 35.9 Å². The molecule has 0 fully saturated rings. The lowest BCUT2D eigenvalue weighted by Gasteiger charge is -2.15. The van der Waals surface area contributed by atoms with Crippen LogP contribution in [0.2, 0.25) is 5.02 Å². The van der Waals surface area contributed by atoms with E-state index in [-0.39, 0.29) is 11.9 Å². The maximum atomic E-state index is 13.0. The van der Waals surface area contributed by atoms with E-state index < -0.39 is 0 Å². The molecule has 31 heavy (non-hydrogen) atoms. The maximum absolute atomic E-state index is 13.0. The molecule has 4 aromatic rings. The molecule has 0 aliphatic heterocycles. The van der Waals surface area contributed by atoms with E-state index in [9.17, 15) is 4.79 Å². The van der Waals surface area contributed by atoms with E-state index in [2.05, 4.69) is 10.3 Å². The number of hydrogen-bond donors (Lipinski definition) is 1. The zero-order valence-corrected chi connectivity index (χ0v) is 17.9. The Hall–Kier alpha value is -3.57. The third-order valence-electron chi connectivity index (χ3n) is 5.00. The number of methoxy groups -OCH3 is 1. The predicted octanol–water partition coefficient (Wildman–Crippen LogP) is 6.16. The SMILES string of the molecule is COc1ccc(-c2cnc(-c3ccccc3C(=O)N[C@@H](C)c3ccc(Cl)cc3)o2)cc1. The van der Waals surface area contributed by atoms with Gasteiger partial charge in [-0.3, -0.25) is 4.79 Å². The molecule has 156 valence electrons. The molecule has 0 radical (unpaired) electrons. The molecule has 1 amide bonds. The first kappa shape index (κ1) is 20.7. The van der Waals surface area contributed by atoms with Gasteiger partial charge in [-0.25, -0.2) is 4.98 Å². The molecule has 0 bridgehead atoms. The van der Waals surface area contributed by atoms with E-state index in [4.69, 9.17) is 20.8 Å². The summed E-state index contributed by atoms with van der Waals surface area (Å²) in [5, 5.41) is 3.68. The fourth-order valence-electron chi connectivity index (χ4n) is 3.26. The van der Waals surface area contributed by atoms with Crippen molar-refractivity contribution in [3.63, 3.8) is 0 Å². The summed E-state index contributed by atoms with van der Waals surface area (Å²) in [5.74, 6) is 1.56. The van der Waals surface area contributed by atoms with Crippen LogP contribution in [0, 0.1) is 0 Å². The fraction of sp³-hybridized carbons (Fsp3) is 0.120. The molecule has 1 aromatic heterocycles. The molecule has 0 spiro atoms. The number of hydrogen-bond acceptors (Lipinski definition) is 4. The van der Waals surface area contributed by atoms with Crippen LogP contribution in [0.4, 0.5) is 0 Å². The molecule has 1 N–H and O–H groups in total. The highest BCUT2D eigenvalue weighted by Gasteiger charge is 2.19. The largest absolute Gasteiger partial charge is 0.497 e. The Bertz CT molecular complexity index is 1180. The molecule has 1 atom stereocenters.